The van der Waals surface area contributed by atoms with Crippen molar-refractivity contribution in [3.8, 4) is 0 Å². The summed E-state index contributed by atoms with van der Waals surface area (Å²) >= 11 is 0. The van der Waals surface area contributed by atoms with Crippen molar-refractivity contribution >= 4 is 6.03 Å². The van der Waals surface area contributed by atoms with Gasteiger partial charge in [-0.2, -0.15) is 0 Å². The third-order valence-corrected chi connectivity index (χ3v) is 5.60. The van der Waals surface area contributed by atoms with Crippen LogP contribution in [0.25, 0.3) is 0 Å². The molecule has 0 aromatic carbocycles. The highest BCUT2D eigenvalue weighted by atomic mass is 16.2. The number of carbonyl (C=O) groups excluding carboxylic acids is 1. The van der Waals surface area contributed by atoms with E-state index in [1.807, 2.05) is 4.90 Å². The molecule has 2 heterocycles. The second-order valence-corrected chi connectivity index (χ2v) is 7.97. The molecule has 2 saturated heterocycles. The summed E-state index contributed by atoms with van der Waals surface area (Å²) in [4.78, 5) is 19.4. The van der Waals surface area contributed by atoms with Gasteiger partial charge >= 0.3 is 6.03 Å². The first-order chi connectivity index (χ1) is 11.5. The predicted octanol–water partition coefficient (Wildman–Crippen LogP) is 2.77. The molecule has 140 valence electrons. The number of hydrogen-bond donors (Lipinski definition) is 1. The van der Waals surface area contributed by atoms with Gasteiger partial charge in [0.15, 0.2) is 0 Å². The van der Waals surface area contributed by atoms with Gasteiger partial charge < -0.3 is 15.1 Å². The van der Waals surface area contributed by atoms with Gasteiger partial charge in [0, 0.05) is 44.3 Å². The Hall–Kier alpha value is -0.810. The van der Waals surface area contributed by atoms with Crippen molar-refractivity contribution in [1.29, 1.82) is 0 Å². The van der Waals surface area contributed by atoms with Crippen molar-refractivity contribution in [1.82, 2.24) is 20.0 Å². The van der Waals surface area contributed by atoms with Crippen LogP contribution in [0.2, 0.25) is 0 Å². The Morgan fingerprint density at radius 1 is 1.04 bits per heavy atom. The summed E-state index contributed by atoms with van der Waals surface area (Å²) in [7, 11) is 0. The zero-order valence-corrected chi connectivity index (χ0v) is 16.3. The fraction of sp³-hybridized carbons (Fsp3) is 0.947. The highest BCUT2D eigenvalue weighted by molar-refractivity contribution is 5.74. The van der Waals surface area contributed by atoms with Gasteiger partial charge in [-0.1, -0.05) is 0 Å². The molecule has 0 aliphatic carbocycles. The van der Waals surface area contributed by atoms with Gasteiger partial charge in [-0.05, 0) is 72.9 Å². The largest absolute Gasteiger partial charge is 0.338 e. The van der Waals surface area contributed by atoms with Crippen LogP contribution in [0.5, 0.6) is 0 Å². The molecule has 5 nitrogen and oxygen atoms in total. The highest BCUT2D eigenvalue weighted by Crippen LogP contribution is 2.21. The summed E-state index contributed by atoms with van der Waals surface area (Å²) in [6, 6.07) is 1.97. The van der Waals surface area contributed by atoms with Crippen molar-refractivity contribution in [3.05, 3.63) is 0 Å². The minimum Gasteiger partial charge on any atom is -0.338 e. The number of rotatable bonds is 7. The maximum atomic E-state index is 12.3. The van der Waals surface area contributed by atoms with E-state index < -0.39 is 0 Å². The molecule has 0 spiro atoms. The zero-order valence-electron chi connectivity index (χ0n) is 16.3. The highest BCUT2D eigenvalue weighted by Gasteiger charge is 2.28. The molecule has 0 aromatic heterocycles. The molecule has 24 heavy (non-hydrogen) atoms. The van der Waals surface area contributed by atoms with E-state index >= 15 is 0 Å². The molecule has 0 aromatic rings. The summed E-state index contributed by atoms with van der Waals surface area (Å²) in [5.41, 5.74) is 0. The van der Waals surface area contributed by atoms with Gasteiger partial charge in [0.2, 0.25) is 0 Å². The summed E-state index contributed by atoms with van der Waals surface area (Å²) < 4.78 is 0. The molecule has 2 aliphatic heterocycles. The quantitative estimate of drug-likeness (QED) is 0.726. The number of carbonyl (C=O) groups is 1. The van der Waals surface area contributed by atoms with Crippen LogP contribution in [-0.2, 0) is 0 Å². The molecule has 2 aliphatic rings. The van der Waals surface area contributed by atoms with Crippen molar-refractivity contribution in [3.63, 3.8) is 0 Å². The molecule has 0 radical (unpaired) electrons. The number of nitrogens with one attached hydrogen (secondary N) is 1. The second kappa shape index (κ2) is 9.62. The third-order valence-electron chi connectivity index (χ3n) is 5.60. The lowest BCUT2D eigenvalue weighted by molar-refractivity contribution is 0.133. The number of likely N-dealkylation sites (tertiary alicyclic amines) is 2. The summed E-state index contributed by atoms with van der Waals surface area (Å²) in [5.74, 6) is 0. The first kappa shape index (κ1) is 19.5. The molecule has 0 bridgehead atoms. The van der Waals surface area contributed by atoms with Gasteiger partial charge in [-0.15, -0.1) is 0 Å². The van der Waals surface area contributed by atoms with E-state index in [1.165, 1.54) is 25.9 Å². The number of hydrogen-bond acceptors (Lipinski definition) is 3. The Bertz CT molecular complexity index is 364. The topological polar surface area (TPSA) is 38.8 Å². The fourth-order valence-corrected chi connectivity index (χ4v) is 4.22. The van der Waals surface area contributed by atoms with E-state index in [2.05, 4.69) is 42.8 Å². The zero-order chi connectivity index (χ0) is 17.5. The minimum atomic E-state index is 0.135. The van der Waals surface area contributed by atoms with Crippen LogP contribution in [0.3, 0.4) is 0 Å². The third kappa shape index (κ3) is 5.62. The van der Waals surface area contributed by atoms with Crippen molar-refractivity contribution < 1.29 is 4.79 Å². The Kier molecular flexibility index (Phi) is 7.82. The number of piperidine rings is 1. The Morgan fingerprint density at radius 2 is 1.62 bits per heavy atom. The van der Waals surface area contributed by atoms with Crippen molar-refractivity contribution in [2.24, 2.45) is 0 Å². The van der Waals surface area contributed by atoms with E-state index in [0.29, 0.717) is 18.1 Å². The van der Waals surface area contributed by atoms with E-state index in [1.54, 1.807) is 0 Å². The predicted molar refractivity (Wildman–Crippen MR) is 100 cm³/mol. The summed E-state index contributed by atoms with van der Waals surface area (Å²) in [5, 5.41) is 3.12. The number of nitrogens with zero attached hydrogens (tertiary/aromatic N) is 3. The lowest BCUT2D eigenvalue weighted by atomic mass is 10.0. The molecule has 5 heteroatoms. The first-order valence-corrected chi connectivity index (χ1v) is 10.0. The number of amides is 2. The molecule has 0 unspecified atom stereocenters. The Labute approximate surface area is 148 Å². The lowest BCUT2D eigenvalue weighted by Crippen LogP contribution is -2.49. The Morgan fingerprint density at radius 3 is 2.17 bits per heavy atom. The van der Waals surface area contributed by atoms with Crippen LogP contribution in [0, 0.1) is 0 Å². The van der Waals surface area contributed by atoms with Crippen molar-refractivity contribution in [2.45, 2.75) is 77.9 Å². The van der Waals surface area contributed by atoms with E-state index in [4.69, 9.17) is 0 Å². The monoisotopic (exact) mass is 338 g/mol. The molecule has 0 atom stereocenters. The second-order valence-electron chi connectivity index (χ2n) is 7.97. The van der Waals surface area contributed by atoms with Gasteiger partial charge in [0.1, 0.15) is 0 Å². The molecule has 2 amide bonds. The van der Waals surface area contributed by atoms with Crippen LogP contribution in [0.15, 0.2) is 0 Å². The lowest BCUT2D eigenvalue weighted by Gasteiger charge is -2.36. The standard InChI is InChI=1S/C19H38N4O/c1-16(2)23(17(3)4)13-7-10-20-19(24)22-14-8-18(9-15-22)21-11-5-6-12-21/h16-18H,5-15H2,1-4H3,(H,20,24). The van der Waals surface area contributed by atoms with Crippen LogP contribution in [-0.4, -0.2) is 78.1 Å². The van der Waals surface area contributed by atoms with Crippen LogP contribution in [0.4, 0.5) is 4.79 Å². The molecule has 2 fully saturated rings. The van der Waals surface area contributed by atoms with Gasteiger partial charge in [-0.3, -0.25) is 4.90 Å². The number of urea groups is 1. The molecule has 0 saturated carbocycles. The van der Waals surface area contributed by atoms with Crippen LogP contribution < -0.4 is 5.32 Å². The molecular weight excluding hydrogens is 300 g/mol. The summed E-state index contributed by atoms with van der Waals surface area (Å²) in [6.07, 6.45) is 6.01. The molecule has 2 rings (SSSR count). The van der Waals surface area contributed by atoms with Crippen LogP contribution in [0.1, 0.15) is 59.8 Å². The average Bonchev–Trinajstić information content (AvgIpc) is 3.08. The molecular formula is C19H38N4O. The average molecular weight is 339 g/mol. The summed E-state index contributed by atoms with van der Waals surface area (Å²) in [6.45, 7) is 15.1. The maximum absolute atomic E-state index is 12.3. The maximum Gasteiger partial charge on any atom is 0.317 e. The van der Waals surface area contributed by atoms with E-state index in [-0.39, 0.29) is 6.03 Å². The first-order valence-electron chi connectivity index (χ1n) is 10.0. The van der Waals surface area contributed by atoms with E-state index in [9.17, 15) is 4.79 Å². The normalized spacial score (nSPS) is 20.5. The minimum absolute atomic E-state index is 0.135. The van der Waals surface area contributed by atoms with Gasteiger partial charge in [0.25, 0.3) is 0 Å². The van der Waals surface area contributed by atoms with Gasteiger partial charge in [-0.25, -0.2) is 4.79 Å². The fourth-order valence-electron chi connectivity index (χ4n) is 4.22. The Balaban J connectivity index is 1.61. The van der Waals surface area contributed by atoms with E-state index in [0.717, 1.165) is 45.4 Å². The SMILES string of the molecule is CC(C)N(CCCNC(=O)N1CCC(N2CCCC2)CC1)C(C)C. The van der Waals surface area contributed by atoms with Crippen molar-refractivity contribution in [2.75, 3.05) is 39.3 Å². The van der Waals surface area contributed by atoms with Gasteiger partial charge in [0.05, 0.1) is 0 Å². The smallest absolute Gasteiger partial charge is 0.317 e. The van der Waals surface area contributed by atoms with Crippen LogP contribution >= 0.6 is 0 Å². The molecule has 1 N–H and O–H groups in total.